The van der Waals surface area contributed by atoms with Crippen molar-refractivity contribution in [2.24, 2.45) is 0 Å². The lowest BCUT2D eigenvalue weighted by atomic mass is 10.0. The van der Waals surface area contributed by atoms with Crippen LogP contribution in [0.15, 0.2) is 48.8 Å². The van der Waals surface area contributed by atoms with E-state index >= 15 is 0 Å². The van der Waals surface area contributed by atoms with E-state index in [4.69, 9.17) is 5.11 Å². The van der Waals surface area contributed by atoms with Crippen molar-refractivity contribution in [3.8, 4) is 11.1 Å². The summed E-state index contributed by atoms with van der Waals surface area (Å²) in [4.78, 5) is 18.2. The van der Waals surface area contributed by atoms with E-state index in [1.165, 1.54) is 0 Å². The molecule has 1 aliphatic rings. The molecule has 2 amide bonds. The molecule has 0 bridgehead atoms. The van der Waals surface area contributed by atoms with Crippen LogP contribution in [0.1, 0.15) is 31.4 Å². The Labute approximate surface area is 142 Å². The predicted molar refractivity (Wildman–Crippen MR) is 93.4 cm³/mol. The lowest BCUT2D eigenvalue weighted by molar-refractivity contribution is 0.171. The van der Waals surface area contributed by atoms with Crippen LogP contribution in [0.2, 0.25) is 0 Å². The number of aromatic nitrogens is 1. The van der Waals surface area contributed by atoms with Gasteiger partial charge in [0.05, 0.1) is 12.6 Å². The number of hydrogen-bond acceptors (Lipinski definition) is 3. The van der Waals surface area contributed by atoms with Gasteiger partial charge in [0.15, 0.2) is 0 Å². The fourth-order valence-electron chi connectivity index (χ4n) is 2.80. The van der Waals surface area contributed by atoms with Crippen LogP contribution in [-0.4, -0.2) is 40.2 Å². The van der Waals surface area contributed by atoms with Crippen molar-refractivity contribution in [3.63, 3.8) is 0 Å². The molecule has 2 N–H and O–H groups in total. The summed E-state index contributed by atoms with van der Waals surface area (Å²) in [6, 6.07) is 12.2. The Morgan fingerprint density at radius 3 is 2.42 bits per heavy atom. The number of aliphatic hydroxyl groups excluding tert-OH is 1. The molecule has 2 aromatic rings. The van der Waals surface area contributed by atoms with E-state index in [0.717, 1.165) is 29.5 Å². The van der Waals surface area contributed by atoms with Crippen LogP contribution in [0.25, 0.3) is 11.1 Å². The van der Waals surface area contributed by atoms with Crippen molar-refractivity contribution in [1.29, 1.82) is 0 Å². The van der Waals surface area contributed by atoms with Gasteiger partial charge in [0, 0.05) is 25.0 Å². The number of carbonyl (C=O) groups excluding carboxylic acids is 1. The number of benzene rings is 1. The SMILES string of the molecule is C[C@H](NC(=O)N(CCO)C1CC1)c1ccc(-c2ccncc2)cc1. The quantitative estimate of drug-likeness (QED) is 0.858. The minimum Gasteiger partial charge on any atom is -0.395 e. The van der Waals surface area contributed by atoms with Crippen molar-refractivity contribution in [3.05, 3.63) is 54.4 Å². The number of nitrogens with one attached hydrogen (secondary N) is 1. The van der Waals surface area contributed by atoms with E-state index in [9.17, 15) is 4.79 Å². The molecule has 5 nitrogen and oxygen atoms in total. The van der Waals surface area contributed by atoms with Gasteiger partial charge in [0.25, 0.3) is 0 Å². The fraction of sp³-hybridized carbons (Fsp3) is 0.368. The highest BCUT2D eigenvalue weighted by atomic mass is 16.3. The zero-order chi connectivity index (χ0) is 16.9. The normalized spacial score (nSPS) is 14.9. The molecule has 1 aromatic carbocycles. The minimum absolute atomic E-state index is 0.00106. The molecule has 126 valence electrons. The van der Waals surface area contributed by atoms with Gasteiger partial charge >= 0.3 is 6.03 Å². The summed E-state index contributed by atoms with van der Waals surface area (Å²) in [5, 5.41) is 12.2. The molecule has 1 heterocycles. The van der Waals surface area contributed by atoms with Crippen molar-refractivity contribution in [1.82, 2.24) is 15.2 Å². The smallest absolute Gasteiger partial charge is 0.318 e. The Kier molecular flexibility index (Phi) is 5.11. The second-order valence-corrected chi connectivity index (χ2v) is 6.18. The van der Waals surface area contributed by atoms with Crippen LogP contribution in [0.5, 0.6) is 0 Å². The number of nitrogens with zero attached hydrogens (tertiary/aromatic N) is 2. The van der Waals surface area contributed by atoms with Gasteiger partial charge in [-0.25, -0.2) is 4.79 Å². The Morgan fingerprint density at radius 2 is 1.83 bits per heavy atom. The zero-order valence-corrected chi connectivity index (χ0v) is 13.9. The second-order valence-electron chi connectivity index (χ2n) is 6.18. The average molecular weight is 325 g/mol. The first kappa shape index (κ1) is 16.5. The molecule has 0 radical (unpaired) electrons. The van der Waals surface area contributed by atoms with E-state index in [1.807, 2.05) is 31.2 Å². The molecule has 0 spiro atoms. The third kappa shape index (κ3) is 3.92. The Balaban J connectivity index is 1.64. The molecule has 1 saturated carbocycles. The van der Waals surface area contributed by atoms with Gasteiger partial charge in [-0.1, -0.05) is 24.3 Å². The van der Waals surface area contributed by atoms with Gasteiger partial charge in [-0.05, 0) is 48.6 Å². The average Bonchev–Trinajstić information content (AvgIpc) is 3.45. The molecule has 0 saturated heterocycles. The summed E-state index contributed by atoms with van der Waals surface area (Å²) in [5.41, 5.74) is 3.30. The van der Waals surface area contributed by atoms with Crippen LogP contribution in [0.4, 0.5) is 4.79 Å². The summed E-state index contributed by atoms with van der Waals surface area (Å²) in [6.45, 7) is 2.37. The number of urea groups is 1. The van der Waals surface area contributed by atoms with Crippen LogP contribution >= 0.6 is 0 Å². The Hall–Kier alpha value is -2.40. The maximum absolute atomic E-state index is 12.4. The molecule has 1 fully saturated rings. The largest absolute Gasteiger partial charge is 0.395 e. The van der Waals surface area contributed by atoms with E-state index in [1.54, 1.807) is 17.3 Å². The van der Waals surface area contributed by atoms with Gasteiger partial charge in [-0.3, -0.25) is 4.98 Å². The van der Waals surface area contributed by atoms with E-state index < -0.39 is 0 Å². The van der Waals surface area contributed by atoms with Crippen molar-refractivity contribution < 1.29 is 9.90 Å². The first-order valence-electron chi connectivity index (χ1n) is 8.37. The highest BCUT2D eigenvalue weighted by Gasteiger charge is 2.32. The van der Waals surface area contributed by atoms with Crippen molar-refractivity contribution in [2.45, 2.75) is 31.8 Å². The monoisotopic (exact) mass is 325 g/mol. The topological polar surface area (TPSA) is 65.5 Å². The molecule has 24 heavy (non-hydrogen) atoms. The van der Waals surface area contributed by atoms with Gasteiger partial charge < -0.3 is 15.3 Å². The number of aliphatic hydroxyl groups is 1. The van der Waals surface area contributed by atoms with E-state index in [0.29, 0.717) is 12.6 Å². The lowest BCUT2D eigenvalue weighted by Crippen LogP contribution is -2.43. The van der Waals surface area contributed by atoms with Gasteiger partial charge in [-0.2, -0.15) is 0 Å². The molecule has 3 rings (SSSR count). The third-order valence-electron chi connectivity index (χ3n) is 4.35. The number of rotatable bonds is 6. The molecule has 1 atom stereocenters. The number of carbonyl (C=O) groups is 1. The van der Waals surface area contributed by atoms with E-state index in [2.05, 4.69) is 22.4 Å². The van der Waals surface area contributed by atoms with Crippen molar-refractivity contribution in [2.75, 3.05) is 13.2 Å². The molecule has 0 aliphatic heterocycles. The summed E-state index contributed by atoms with van der Waals surface area (Å²) < 4.78 is 0. The van der Waals surface area contributed by atoms with Crippen LogP contribution in [-0.2, 0) is 0 Å². The van der Waals surface area contributed by atoms with Gasteiger partial charge in [0.1, 0.15) is 0 Å². The summed E-state index contributed by atoms with van der Waals surface area (Å²) in [7, 11) is 0. The predicted octanol–water partition coefficient (Wildman–Crippen LogP) is 2.98. The van der Waals surface area contributed by atoms with Crippen LogP contribution in [0, 0.1) is 0 Å². The number of hydrogen-bond donors (Lipinski definition) is 2. The first-order valence-corrected chi connectivity index (χ1v) is 8.37. The zero-order valence-electron chi connectivity index (χ0n) is 13.9. The molecule has 0 unspecified atom stereocenters. The summed E-state index contributed by atoms with van der Waals surface area (Å²) in [5.74, 6) is 0. The lowest BCUT2D eigenvalue weighted by Gasteiger charge is -2.24. The minimum atomic E-state index is -0.0998. The Bertz CT molecular complexity index is 669. The number of pyridine rings is 1. The molecular weight excluding hydrogens is 302 g/mol. The van der Waals surface area contributed by atoms with E-state index in [-0.39, 0.29) is 18.7 Å². The van der Waals surface area contributed by atoms with Crippen LogP contribution < -0.4 is 5.32 Å². The first-order chi connectivity index (χ1) is 11.7. The molecule has 5 heteroatoms. The van der Waals surface area contributed by atoms with Gasteiger partial charge in [0.2, 0.25) is 0 Å². The third-order valence-corrected chi connectivity index (χ3v) is 4.35. The van der Waals surface area contributed by atoms with Gasteiger partial charge in [-0.15, -0.1) is 0 Å². The van der Waals surface area contributed by atoms with Crippen molar-refractivity contribution >= 4 is 6.03 Å². The highest BCUT2D eigenvalue weighted by molar-refractivity contribution is 5.75. The molecule has 1 aromatic heterocycles. The maximum Gasteiger partial charge on any atom is 0.318 e. The second kappa shape index (κ2) is 7.45. The standard InChI is InChI=1S/C19H23N3O2/c1-14(21-19(24)22(12-13-23)18-6-7-18)15-2-4-16(5-3-15)17-8-10-20-11-9-17/h2-5,8-11,14,18,23H,6-7,12-13H2,1H3,(H,21,24)/t14-/m0/s1. The summed E-state index contributed by atoms with van der Waals surface area (Å²) >= 11 is 0. The fourth-order valence-corrected chi connectivity index (χ4v) is 2.80. The number of amides is 2. The molecular formula is C19H23N3O2. The van der Waals surface area contributed by atoms with Crippen LogP contribution in [0.3, 0.4) is 0 Å². The Morgan fingerprint density at radius 1 is 1.21 bits per heavy atom. The highest BCUT2D eigenvalue weighted by Crippen LogP contribution is 2.27. The summed E-state index contributed by atoms with van der Waals surface area (Å²) in [6.07, 6.45) is 5.62. The molecule has 1 aliphatic carbocycles. The maximum atomic E-state index is 12.4.